The third kappa shape index (κ3) is 3.88. The number of nitrogens with zero attached hydrogens (tertiary/aromatic N) is 1. The summed E-state index contributed by atoms with van der Waals surface area (Å²) in [6, 6.07) is 10.4. The largest absolute Gasteiger partial charge is 0.371 e. The van der Waals surface area contributed by atoms with Crippen LogP contribution in [0.15, 0.2) is 47.4 Å². The van der Waals surface area contributed by atoms with Crippen molar-refractivity contribution < 1.29 is 17.6 Å². The molecule has 3 rings (SSSR count). The van der Waals surface area contributed by atoms with E-state index in [4.69, 9.17) is 0 Å². The topological polar surface area (TPSA) is 66.5 Å². The smallest absolute Gasteiger partial charge is 0.256 e. The highest BCUT2D eigenvalue weighted by atomic mass is 32.2. The Kier molecular flexibility index (Phi) is 5.27. The third-order valence-corrected chi connectivity index (χ3v) is 6.24. The first-order chi connectivity index (χ1) is 12.4. The fraction of sp³-hybridized carbons (Fsp3) is 0.316. The Morgan fingerprint density at radius 2 is 1.85 bits per heavy atom. The normalized spacial score (nSPS) is 14.5. The molecule has 138 valence electrons. The number of carbonyl (C=O) groups is 1. The maximum atomic E-state index is 14.0. The van der Waals surface area contributed by atoms with Crippen LogP contribution < -0.4 is 10.2 Å². The summed E-state index contributed by atoms with van der Waals surface area (Å²) >= 11 is 0. The average Bonchev–Trinajstić information content (AvgIpc) is 3.16. The number of sulfone groups is 1. The predicted octanol–water partition coefficient (Wildman–Crippen LogP) is 3.47. The molecule has 1 saturated heterocycles. The lowest BCUT2D eigenvalue weighted by atomic mass is 10.2. The lowest BCUT2D eigenvalue weighted by molar-refractivity contribution is 0.102. The highest BCUT2D eigenvalue weighted by Crippen LogP contribution is 2.26. The Balaban J connectivity index is 1.90. The van der Waals surface area contributed by atoms with Gasteiger partial charge in [0.25, 0.3) is 5.91 Å². The number of hydrogen-bond donors (Lipinski definition) is 1. The van der Waals surface area contributed by atoms with Crippen LogP contribution in [0, 0.1) is 5.82 Å². The summed E-state index contributed by atoms with van der Waals surface area (Å²) in [5, 5.41) is 2.63. The van der Waals surface area contributed by atoms with Crippen molar-refractivity contribution in [2.75, 3.05) is 29.1 Å². The monoisotopic (exact) mass is 376 g/mol. The summed E-state index contributed by atoms with van der Waals surface area (Å²) < 4.78 is 38.4. The summed E-state index contributed by atoms with van der Waals surface area (Å²) in [5.41, 5.74) is 1.08. The average molecular weight is 376 g/mol. The molecule has 1 fully saturated rings. The Bertz CT molecular complexity index is 922. The van der Waals surface area contributed by atoms with Gasteiger partial charge in [0.05, 0.1) is 16.2 Å². The fourth-order valence-corrected chi connectivity index (χ4v) is 4.18. The maximum Gasteiger partial charge on any atom is 0.256 e. The second-order valence-corrected chi connectivity index (χ2v) is 8.49. The molecule has 0 aliphatic carbocycles. The minimum absolute atomic E-state index is 0.0174. The van der Waals surface area contributed by atoms with Crippen molar-refractivity contribution in [1.82, 2.24) is 0 Å². The van der Waals surface area contributed by atoms with E-state index in [1.165, 1.54) is 31.2 Å². The van der Waals surface area contributed by atoms with Gasteiger partial charge in [0.2, 0.25) is 0 Å². The van der Waals surface area contributed by atoms with E-state index in [1.807, 2.05) is 0 Å². The van der Waals surface area contributed by atoms with Gasteiger partial charge in [-0.05, 0) is 43.2 Å². The third-order valence-electron chi connectivity index (χ3n) is 4.46. The molecule has 0 atom stereocenters. The van der Waals surface area contributed by atoms with Crippen molar-refractivity contribution in [2.45, 2.75) is 24.7 Å². The number of benzene rings is 2. The van der Waals surface area contributed by atoms with Crippen molar-refractivity contribution in [3.8, 4) is 0 Å². The summed E-state index contributed by atoms with van der Waals surface area (Å²) in [6.45, 7) is 3.24. The molecule has 1 aliphatic heterocycles. The van der Waals surface area contributed by atoms with Crippen LogP contribution in [0.5, 0.6) is 0 Å². The molecule has 7 heteroatoms. The molecule has 0 saturated carbocycles. The van der Waals surface area contributed by atoms with Crippen LogP contribution in [-0.4, -0.2) is 33.2 Å². The van der Waals surface area contributed by atoms with Gasteiger partial charge < -0.3 is 10.2 Å². The van der Waals surface area contributed by atoms with E-state index in [-0.39, 0.29) is 16.2 Å². The Labute approximate surface area is 152 Å². The fourth-order valence-electron chi connectivity index (χ4n) is 3.08. The molecule has 2 aromatic rings. The molecule has 2 aromatic carbocycles. The van der Waals surface area contributed by atoms with Gasteiger partial charge in [0.15, 0.2) is 9.84 Å². The molecule has 0 aromatic heterocycles. The summed E-state index contributed by atoms with van der Waals surface area (Å²) in [6.07, 6.45) is 2.11. The lowest BCUT2D eigenvalue weighted by Crippen LogP contribution is -2.19. The number of anilines is 2. The molecule has 26 heavy (non-hydrogen) atoms. The predicted molar refractivity (Wildman–Crippen MR) is 100.0 cm³/mol. The van der Waals surface area contributed by atoms with Gasteiger partial charge in [0.1, 0.15) is 5.82 Å². The molecular weight excluding hydrogens is 355 g/mol. The van der Waals surface area contributed by atoms with Crippen molar-refractivity contribution in [3.63, 3.8) is 0 Å². The van der Waals surface area contributed by atoms with Gasteiger partial charge in [-0.25, -0.2) is 12.8 Å². The number of amides is 1. The molecule has 1 aliphatic rings. The quantitative estimate of drug-likeness (QED) is 0.868. The van der Waals surface area contributed by atoms with E-state index in [0.29, 0.717) is 11.4 Å². The summed E-state index contributed by atoms with van der Waals surface area (Å²) in [5.74, 6) is -1.12. The number of halogens is 1. The van der Waals surface area contributed by atoms with Crippen LogP contribution in [0.1, 0.15) is 30.1 Å². The minimum atomic E-state index is -3.54. The first-order valence-corrected chi connectivity index (χ1v) is 10.2. The van der Waals surface area contributed by atoms with Gasteiger partial charge in [-0.3, -0.25) is 4.79 Å². The van der Waals surface area contributed by atoms with E-state index in [1.54, 1.807) is 18.2 Å². The van der Waals surface area contributed by atoms with Crippen LogP contribution in [0.4, 0.5) is 15.8 Å². The zero-order valence-corrected chi connectivity index (χ0v) is 15.4. The first-order valence-electron chi connectivity index (χ1n) is 8.59. The molecule has 0 spiro atoms. The van der Waals surface area contributed by atoms with Gasteiger partial charge in [-0.2, -0.15) is 0 Å². The highest BCUT2D eigenvalue weighted by molar-refractivity contribution is 7.91. The zero-order valence-electron chi connectivity index (χ0n) is 14.5. The van der Waals surface area contributed by atoms with Gasteiger partial charge in [0, 0.05) is 24.5 Å². The van der Waals surface area contributed by atoms with Crippen molar-refractivity contribution in [1.29, 1.82) is 0 Å². The molecule has 1 heterocycles. The van der Waals surface area contributed by atoms with Gasteiger partial charge in [-0.15, -0.1) is 0 Å². The van der Waals surface area contributed by atoms with Crippen molar-refractivity contribution >= 4 is 27.1 Å². The van der Waals surface area contributed by atoms with Crippen LogP contribution in [0.2, 0.25) is 0 Å². The number of rotatable bonds is 5. The second-order valence-electron chi connectivity index (χ2n) is 6.25. The molecule has 5 nitrogen and oxygen atoms in total. The Morgan fingerprint density at radius 1 is 1.15 bits per heavy atom. The lowest BCUT2D eigenvalue weighted by Gasteiger charge is -2.19. The summed E-state index contributed by atoms with van der Waals surface area (Å²) in [7, 11) is -3.54. The minimum Gasteiger partial charge on any atom is -0.371 e. The SMILES string of the molecule is CCS(=O)(=O)c1ccccc1C(=O)Nc1cc(F)cc(N2CCCC2)c1. The number of carbonyl (C=O) groups excluding carboxylic acids is 1. The molecule has 0 bridgehead atoms. The Hall–Kier alpha value is -2.41. The maximum absolute atomic E-state index is 14.0. The van der Waals surface area contributed by atoms with Gasteiger partial charge in [-0.1, -0.05) is 19.1 Å². The van der Waals surface area contributed by atoms with E-state index in [2.05, 4.69) is 10.2 Å². The van der Waals surface area contributed by atoms with Crippen LogP contribution in [-0.2, 0) is 9.84 Å². The van der Waals surface area contributed by atoms with Crippen LogP contribution in [0.25, 0.3) is 0 Å². The first kappa shape index (κ1) is 18.4. The number of hydrogen-bond acceptors (Lipinski definition) is 4. The zero-order chi connectivity index (χ0) is 18.7. The molecule has 1 N–H and O–H groups in total. The van der Waals surface area contributed by atoms with Crippen molar-refractivity contribution in [3.05, 3.63) is 53.8 Å². The van der Waals surface area contributed by atoms with E-state index in [0.717, 1.165) is 25.9 Å². The van der Waals surface area contributed by atoms with Crippen LogP contribution >= 0.6 is 0 Å². The molecule has 0 unspecified atom stereocenters. The Morgan fingerprint density at radius 3 is 2.54 bits per heavy atom. The number of nitrogens with one attached hydrogen (secondary N) is 1. The van der Waals surface area contributed by atoms with E-state index >= 15 is 0 Å². The van der Waals surface area contributed by atoms with Crippen molar-refractivity contribution in [2.24, 2.45) is 0 Å². The molecular formula is C19H21FN2O3S. The van der Waals surface area contributed by atoms with Gasteiger partial charge >= 0.3 is 0 Å². The molecule has 1 amide bonds. The summed E-state index contributed by atoms with van der Waals surface area (Å²) in [4.78, 5) is 14.7. The van der Waals surface area contributed by atoms with Crippen LogP contribution in [0.3, 0.4) is 0 Å². The van der Waals surface area contributed by atoms with E-state index < -0.39 is 21.6 Å². The molecule has 0 radical (unpaired) electrons. The standard InChI is InChI=1S/C19H21FN2O3S/c1-2-26(24,25)18-8-4-3-7-17(18)19(23)21-15-11-14(20)12-16(13-15)22-9-5-6-10-22/h3-4,7-8,11-13H,2,5-6,9-10H2,1H3,(H,21,23). The highest BCUT2D eigenvalue weighted by Gasteiger charge is 2.21. The second kappa shape index (κ2) is 7.45. The van der Waals surface area contributed by atoms with E-state index in [9.17, 15) is 17.6 Å².